The third-order valence-corrected chi connectivity index (χ3v) is 13.2. The molecule has 0 aliphatic carbocycles. The molecule has 0 saturated heterocycles. The number of hydrogen-bond donors (Lipinski definition) is 0. The number of para-hydroxylation sites is 2. The first-order valence-electron chi connectivity index (χ1n) is 27.2. The van der Waals surface area contributed by atoms with Crippen molar-refractivity contribution in [2.45, 2.75) is 38.3 Å². The Morgan fingerprint density at radius 1 is 0.326 bits per heavy atom. The summed E-state index contributed by atoms with van der Waals surface area (Å²) in [6.45, 7) is 1.06. The summed E-state index contributed by atoms with van der Waals surface area (Å²) >= 11 is 0. The molecule has 0 atom stereocenters. The molecule has 18 heteroatoms. The van der Waals surface area contributed by atoms with Crippen LogP contribution in [0.25, 0.3) is 45.1 Å². The second kappa shape index (κ2) is 27.9. The topological polar surface area (TPSA) is 123 Å². The highest BCUT2D eigenvalue weighted by atomic mass is 19.4. The van der Waals surface area contributed by atoms with Gasteiger partial charge in [-0.3, -0.25) is 0 Å². The molecule has 0 bridgehead atoms. The van der Waals surface area contributed by atoms with E-state index in [1.807, 2.05) is 192 Å². The summed E-state index contributed by atoms with van der Waals surface area (Å²) in [5.74, 6) is 0. The molecule has 12 nitrogen and oxygen atoms in total. The molecule has 0 saturated carbocycles. The number of halogens is 6. The fourth-order valence-corrected chi connectivity index (χ4v) is 9.02. The van der Waals surface area contributed by atoms with Gasteiger partial charge in [-0.2, -0.15) is 26.3 Å². The van der Waals surface area contributed by atoms with Crippen molar-refractivity contribution in [2.75, 3.05) is 0 Å². The van der Waals surface area contributed by atoms with Crippen LogP contribution in [0.2, 0.25) is 0 Å². The van der Waals surface area contributed by atoms with Gasteiger partial charge < -0.3 is 0 Å². The van der Waals surface area contributed by atoms with Crippen molar-refractivity contribution in [3.63, 3.8) is 0 Å². The first-order valence-corrected chi connectivity index (χ1v) is 27.2. The second-order valence-electron chi connectivity index (χ2n) is 19.5. The van der Waals surface area contributed by atoms with Crippen LogP contribution in [0.4, 0.5) is 26.3 Å². The molecule has 13 rings (SSSR count). The minimum Gasteiger partial charge on any atom is -0.248 e. The van der Waals surface area contributed by atoms with Crippen LogP contribution >= 0.6 is 0 Å². The van der Waals surface area contributed by atoms with Gasteiger partial charge in [0, 0.05) is 35.7 Å². The molecular weight excluding hydrogens is 1100 g/mol. The number of alkyl halides is 6. The van der Waals surface area contributed by atoms with E-state index in [1.165, 1.54) is 27.6 Å². The Hall–Kier alpha value is -10.9. The third kappa shape index (κ3) is 16.2. The van der Waals surface area contributed by atoms with E-state index in [2.05, 4.69) is 102 Å². The van der Waals surface area contributed by atoms with E-state index >= 15 is 0 Å². The van der Waals surface area contributed by atoms with Gasteiger partial charge in [0.05, 0.1) is 65.1 Å². The highest BCUT2D eigenvalue weighted by Crippen LogP contribution is 2.38. The zero-order valence-corrected chi connectivity index (χ0v) is 46.0. The summed E-state index contributed by atoms with van der Waals surface area (Å²) in [6, 6.07) is 81.9. The molecule has 0 N–H and O–H groups in total. The number of aromatic nitrogens is 12. The zero-order chi connectivity index (χ0) is 59.6. The maximum atomic E-state index is 12.9. The lowest BCUT2D eigenvalue weighted by Gasteiger charge is -2.13. The smallest absolute Gasteiger partial charge is 0.248 e. The van der Waals surface area contributed by atoms with Crippen LogP contribution in [-0.2, 0) is 38.3 Å². The van der Waals surface area contributed by atoms with Gasteiger partial charge in [0.1, 0.15) is 11.4 Å². The maximum absolute atomic E-state index is 12.9. The van der Waals surface area contributed by atoms with Gasteiger partial charge in [-0.1, -0.05) is 239 Å². The normalized spacial score (nSPS) is 11.1. The molecule has 0 aliphatic rings. The number of rotatable bonds is 13. The Kier molecular flexibility index (Phi) is 18.9. The lowest BCUT2D eigenvalue weighted by atomic mass is 10.0. The van der Waals surface area contributed by atoms with E-state index in [9.17, 15) is 26.3 Å². The van der Waals surface area contributed by atoms with Crippen molar-refractivity contribution in [1.29, 1.82) is 0 Å². The predicted molar refractivity (Wildman–Crippen MR) is 319 cm³/mol. The first-order chi connectivity index (χ1) is 41.9. The molecule has 0 aliphatic heterocycles. The van der Waals surface area contributed by atoms with Crippen LogP contribution < -0.4 is 0 Å². The SMILES string of the molecule is FC(F)(F)c1cc(-c2cn(Cc3ccccc3)nn2)cc(C(F)(F)F)c1.c1ccc(-c2cn(-c3ccccc3)nn2)cc1.c1ccc(Cc2cn(Cc3ccccc3)nn2)cc1.c1ccc(Cc2nnn(-c3ccccc3)c2-c2ccccc2)cc1. The number of nitrogens with zero attached hydrogens (tertiary/aromatic N) is 12. The molecular formula is C68H54F6N12. The second-order valence-corrected chi connectivity index (χ2v) is 19.5. The van der Waals surface area contributed by atoms with Crippen molar-refractivity contribution in [3.8, 4) is 45.1 Å². The third-order valence-electron chi connectivity index (χ3n) is 13.2. The van der Waals surface area contributed by atoms with Crippen molar-refractivity contribution in [2.24, 2.45) is 0 Å². The lowest BCUT2D eigenvalue weighted by molar-refractivity contribution is -0.143. The van der Waals surface area contributed by atoms with Crippen LogP contribution in [-0.4, -0.2) is 60.0 Å². The van der Waals surface area contributed by atoms with Crippen LogP contribution in [0.5, 0.6) is 0 Å². The molecule has 4 aromatic heterocycles. The molecule has 0 radical (unpaired) electrons. The fraction of sp³-hybridized carbons (Fsp3) is 0.0882. The molecule has 86 heavy (non-hydrogen) atoms. The van der Waals surface area contributed by atoms with E-state index < -0.39 is 23.5 Å². The minimum absolute atomic E-state index is 0.0717. The molecule has 0 amide bonds. The van der Waals surface area contributed by atoms with E-state index in [-0.39, 0.29) is 17.3 Å². The maximum Gasteiger partial charge on any atom is 0.416 e. The van der Waals surface area contributed by atoms with Crippen molar-refractivity contribution in [1.82, 2.24) is 60.0 Å². The van der Waals surface area contributed by atoms with Gasteiger partial charge >= 0.3 is 12.4 Å². The molecule has 13 aromatic rings. The van der Waals surface area contributed by atoms with Crippen molar-refractivity contribution < 1.29 is 26.3 Å². The average molecular weight is 1150 g/mol. The van der Waals surface area contributed by atoms with Gasteiger partial charge in [-0.25, -0.2) is 18.7 Å². The summed E-state index contributed by atoms with van der Waals surface area (Å²) in [6.07, 6.45) is -2.97. The van der Waals surface area contributed by atoms with Gasteiger partial charge in [-0.05, 0) is 64.7 Å². The van der Waals surface area contributed by atoms with E-state index in [0.29, 0.717) is 18.7 Å². The highest BCUT2D eigenvalue weighted by molar-refractivity contribution is 5.65. The molecule has 0 fully saturated rings. The Bertz CT molecular complexity index is 3980. The van der Waals surface area contributed by atoms with Gasteiger partial charge in [0.2, 0.25) is 0 Å². The first kappa shape index (κ1) is 58.3. The monoisotopic (exact) mass is 1150 g/mol. The standard InChI is InChI=1S/C21H17N3.C17H11F6N3.C16H15N3.C14H11N3/c1-4-10-17(11-5-1)16-20-21(18-12-6-2-7-13-18)24(23-22-20)19-14-8-3-9-15-19;18-16(19,20)13-6-12(7-14(8-13)17(21,22)23)15-10-26(25-24-15)9-11-4-2-1-3-5-11;1-3-7-14(8-4-1)11-16-13-19(18-17-16)12-15-9-5-2-6-10-15;1-3-7-12(8-4-1)14-11-17(16-15-14)13-9-5-2-6-10-13/h1-15H,16H2;1-8,10H,9H2;1-10,13H,11-12H2;1-11H. The summed E-state index contributed by atoms with van der Waals surface area (Å²) in [7, 11) is 0. The molecule has 0 spiro atoms. The van der Waals surface area contributed by atoms with E-state index in [4.69, 9.17) is 0 Å². The van der Waals surface area contributed by atoms with E-state index in [0.717, 1.165) is 70.2 Å². The number of benzene rings is 9. The van der Waals surface area contributed by atoms with Crippen LogP contribution in [0.15, 0.2) is 279 Å². The largest absolute Gasteiger partial charge is 0.416 e. The zero-order valence-electron chi connectivity index (χ0n) is 46.0. The van der Waals surface area contributed by atoms with Crippen molar-refractivity contribution in [3.05, 3.63) is 324 Å². The van der Waals surface area contributed by atoms with Gasteiger partial charge in [0.15, 0.2) is 0 Å². The van der Waals surface area contributed by atoms with Crippen LogP contribution in [0, 0.1) is 0 Å². The predicted octanol–water partition coefficient (Wildman–Crippen LogP) is 15.4. The van der Waals surface area contributed by atoms with Gasteiger partial charge in [0.25, 0.3) is 0 Å². The Morgan fingerprint density at radius 2 is 0.733 bits per heavy atom. The molecule has 0 unspecified atom stereocenters. The Labute approximate surface area is 491 Å². The Balaban J connectivity index is 0.000000129. The fourth-order valence-electron chi connectivity index (χ4n) is 9.02. The lowest BCUT2D eigenvalue weighted by Crippen LogP contribution is -2.11. The minimum atomic E-state index is -4.91. The highest BCUT2D eigenvalue weighted by Gasteiger charge is 2.37. The summed E-state index contributed by atoms with van der Waals surface area (Å²) in [5.41, 5.74) is 9.59. The van der Waals surface area contributed by atoms with E-state index in [1.54, 1.807) is 16.8 Å². The summed E-state index contributed by atoms with van der Waals surface area (Å²) < 4.78 is 84.5. The summed E-state index contributed by atoms with van der Waals surface area (Å²) in [4.78, 5) is 0. The number of hydrogen-bond acceptors (Lipinski definition) is 8. The Morgan fingerprint density at radius 3 is 1.24 bits per heavy atom. The van der Waals surface area contributed by atoms with Crippen LogP contribution in [0.1, 0.15) is 44.8 Å². The quantitative estimate of drug-likeness (QED) is 0.105. The molecule has 9 aromatic carbocycles. The average Bonchev–Trinajstić information content (AvgIpc) is 2.64. The van der Waals surface area contributed by atoms with Crippen LogP contribution in [0.3, 0.4) is 0 Å². The van der Waals surface area contributed by atoms with Gasteiger partial charge in [-0.15, -0.1) is 20.4 Å². The van der Waals surface area contributed by atoms with Crippen molar-refractivity contribution >= 4 is 0 Å². The molecule has 4 heterocycles. The molecule has 428 valence electrons. The summed E-state index contributed by atoms with van der Waals surface area (Å²) in [5, 5.41) is 33.1.